The van der Waals surface area contributed by atoms with Gasteiger partial charge in [0.1, 0.15) is 18.5 Å². The van der Waals surface area contributed by atoms with Crippen molar-refractivity contribution in [2.75, 3.05) is 32.7 Å². The van der Waals surface area contributed by atoms with E-state index >= 15 is 0 Å². The number of aliphatic imine (C=N–C) groups is 1. The van der Waals surface area contributed by atoms with Crippen molar-refractivity contribution in [3.05, 3.63) is 46.9 Å². The van der Waals surface area contributed by atoms with Gasteiger partial charge in [0, 0.05) is 11.8 Å². The number of anilines is 1. The number of hydrogen-bond donors (Lipinski definition) is 3. The fraction of sp³-hybridized carbons (Fsp3) is 0.278. The number of hydrogen-bond acceptors (Lipinski definition) is 5. The second-order valence-corrected chi connectivity index (χ2v) is 6.17. The van der Waals surface area contributed by atoms with Gasteiger partial charge in [-0.3, -0.25) is 4.99 Å². The lowest BCUT2D eigenvalue weighted by molar-refractivity contribution is 0.114. The van der Waals surface area contributed by atoms with Crippen LogP contribution in [0.5, 0.6) is 17.2 Å². The average molecular weight is 552 g/mol. The van der Waals surface area contributed by atoms with Gasteiger partial charge in [-0.15, -0.1) is 24.0 Å². The summed E-state index contributed by atoms with van der Waals surface area (Å²) in [6.45, 7) is 0.215. The summed E-state index contributed by atoms with van der Waals surface area (Å²) >= 11 is 3.38. The first-order valence-electron chi connectivity index (χ1n) is 7.88. The Morgan fingerprint density at radius 3 is 2.52 bits per heavy atom. The van der Waals surface area contributed by atoms with Gasteiger partial charge < -0.3 is 30.4 Å². The fourth-order valence-electron chi connectivity index (χ4n) is 2.11. The molecule has 0 aliphatic rings. The first kappa shape index (κ1) is 23.3. The molecule has 7 nitrogen and oxygen atoms in total. The van der Waals surface area contributed by atoms with Crippen LogP contribution in [0.4, 0.5) is 5.69 Å². The molecule has 0 aromatic heterocycles. The van der Waals surface area contributed by atoms with Crippen molar-refractivity contribution in [3.8, 4) is 17.2 Å². The Kier molecular flexibility index (Phi) is 10.3. The molecule has 0 aliphatic heterocycles. The van der Waals surface area contributed by atoms with Crippen molar-refractivity contribution in [2.45, 2.75) is 6.10 Å². The highest BCUT2D eigenvalue weighted by molar-refractivity contribution is 14.0. The minimum Gasteiger partial charge on any atom is -0.493 e. The van der Waals surface area contributed by atoms with Gasteiger partial charge in [-0.05, 0) is 40.2 Å². The number of nitrogens with two attached hydrogens (primary N) is 1. The predicted octanol–water partition coefficient (Wildman–Crippen LogP) is 3.25. The zero-order chi connectivity index (χ0) is 18.9. The van der Waals surface area contributed by atoms with Crippen LogP contribution in [0, 0.1) is 0 Å². The summed E-state index contributed by atoms with van der Waals surface area (Å²) in [6, 6.07) is 12.7. The minimum absolute atomic E-state index is 0. The van der Waals surface area contributed by atoms with E-state index < -0.39 is 6.10 Å². The highest BCUT2D eigenvalue weighted by Gasteiger charge is 2.08. The second kappa shape index (κ2) is 11.9. The molecule has 9 heteroatoms. The first-order valence-corrected chi connectivity index (χ1v) is 8.67. The summed E-state index contributed by atoms with van der Waals surface area (Å²) in [6.07, 6.45) is -0.784. The van der Waals surface area contributed by atoms with E-state index in [4.69, 9.17) is 19.9 Å². The van der Waals surface area contributed by atoms with Crippen LogP contribution in [-0.2, 0) is 0 Å². The van der Waals surface area contributed by atoms with Crippen LogP contribution in [-0.4, -0.2) is 44.5 Å². The molecule has 1 atom stereocenters. The van der Waals surface area contributed by atoms with Gasteiger partial charge in [-0.2, -0.15) is 0 Å². The number of benzene rings is 2. The van der Waals surface area contributed by atoms with E-state index in [1.165, 1.54) is 0 Å². The Hall–Kier alpha value is -1.72. The van der Waals surface area contributed by atoms with Crippen molar-refractivity contribution in [1.29, 1.82) is 0 Å². The number of nitrogens with zero attached hydrogens (tertiary/aromatic N) is 1. The number of ether oxygens (including phenoxy) is 3. The molecule has 0 heterocycles. The number of rotatable bonds is 8. The van der Waals surface area contributed by atoms with Crippen LogP contribution in [0.3, 0.4) is 0 Å². The SMILES string of the molecule is COc1ccc(NC(N)=NCC(O)COc2ccccc2Br)cc1OC.I. The third-order valence-corrected chi connectivity index (χ3v) is 4.05. The van der Waals surface area contributed by atoms with Crippen LogP contribution in [0.15, 0.2) is 51.9 Å². The van der Waals surface area contributed by atoms with Crippen LogP contribution < -0.4 is 25.3 Å². The molecule has 148 valence electrons. The summed E-state index contributed by atoms with van der Waals surface area (Å²) < 4.78 is 16.8. The molecule has 2 aromatic rings. The molecule has 27 heavy (non-hydrogen) atoms. The number of para-hydroxylation sites is 1. The quantitative estimate of drug-likeness (QED) is 0.265. The molecule has 0 spiro atoms. The maximum absolute atomic E-state index is 10.00. The van der Waals surface area contributed by atoms with Crippen molar-refractivity contribution in [3.63, 3.8) is 0 Å². The Morgan fingerprint density at radius 2 is 1.85 bits per heavy atom. The van der Waals surface area contributed by atoms with Crippen molar-refractivity contribution in [1.82, 2.24) is 0 Å². The standard InChI is InChI=1S/C18H22BrN3O4.HI/c1-24-16-8-7-12(9-17(16)25-2)22-18(20)21-10-13(23)11-26-15-6-4-3-5-14(15)19;/h3-9,13,23H,10-11H2,1-2H3,(H3,20,21,22);1H. The van der Waals surface area contributed by atoms with Gasteiger partial charge in [0.2, 0.25) is 0 Å². The van der Waals surface area contributed by atoms with E-state index in [1.54, 1.807) is 32.4 Å². The largest absolute Gasteiger partial charge is 0.493 e. The number of halogens is 2. The van der Waals surface area contributed by atoms with Crippen LogP contribution in [0.2, 0.25) is 0 Å². The molecule has 2 rings (SSSR count). The first-order chi connectivity index (χ1) is 12.5. The van der Waals surface area contributed by atoms with Gasteiger partial charge in [0.05, 0.1) is 25.2 Å². The van der Waals surface area contributed by atoms with Crippen molar-refractivity contribution in [2.24, 2.45) is 10.7 Å². The summed E-state index contributed by atoms with van der Waals surface area (Å²) in [5.41, 5.74) is 6.55. The molecular weight excluding hydrogens is 529 g/mol. The second-order valence-electron chi connectivity index (χ2n) is 5.32. The van der Waals surface area contributed by atoms with Crippen LogP contribution in [0.1, 0.15) is 0 Å². The number of nitrogens with one attached hydrogen (secondary N) is 1. The average Bonchev–Trinajstić information content (AvgIpc) is 2.65. The van der Waals surface area contributed by atoms with E-state index in [0.29, 0.717) is 22.9 Å². The summed E-state index contributed by atoms with van der Waals surface area (Å²) in [5, 5.41) is 12.9. The molecule has 0 aliphatic carbocycles. The lowest BCUT2D eigenvalue weighted by Gasteiger charge is -2.13. The van der Waals surface area contributed by atoms with E-state index in [9.17, 15) is 5.11 Å². The molecule has 0 saturated carbocycles. The smallest absolute Gasteiger partial charge is 0.193 e. The highest BCUT2D eigenvalue weighted by Crippen LogP contribution is 2.29. The Balaban J connectivity index is 0.00000364. The zero-order valence-electron chi connectivity index (χ0n) is 15.0. The van der Waals surface area contributed by atoms with Gasteiger partial charge in [-0.25, -0.2) is 0 Å². The number of aliphatic hydroxyl groups excluding tert-OH is 1. The van der Waals surface area contributed by atoms with E-state index in [-0.39, 0.29) is 43.1 Å². The van der Waals surface area contributed by atoms with E-state index in [1.807, 2.05) is 24.3 Å². The molecule has 0 bridgehead atoms. The monoisotopic (exact) mass is 551 g/mol. The van der Waals surface area contributed by atoms with Crippen molar-refractivity contribution >= 4 is 51.6 Å². The third-order valence-electron chi connectivity index (χ3n) is 3.40. The molecule has 0 radical (unpaired) electrons. The third kappa shape index (κ3) is 7.43. The summed E-state index contributed by atoms with van der Waals surface area (Å²) in [5.74, 6) is 2.03. The van der Waals surface area contributed by atoms with Gasteiger partial charge in [0.25, 0.3) is 0 Å². The molecule has 0 saturated heterocycles. The zero-order valence-corrected chi connectivity index (χ0v) is 18.9. The van der Waals surface area contributed by atoms with Gasteiger partial charge in [0.15, 0.2) is 17.5 Å². The minimum atomic E-state index is -0.784. The Morgan fingerprint density at radius 1 is 1.15 bits per heavy atom. The molecular formula is C18H23BrIN3O4. The van der Waals surface area contributed by atoms with E-state index in [2.05, 4.69) is 26.2 Å². The number of aliphatic hydroxyl groups is 1. The number of methoxy groups -OCH3 is 2. The summed E-state index contributed by atoms with van der Waals surface area (Å²) in [4.78, 5) is 4.12. The van der Waals surface area contributed by atoms with E-state index in [0.717, 1.165) is 4.47 Å². The molecule has 2 aromatic carbocycles. The molecule has 4 N–H and O–H groups in total. The maximum atomic E-state index is 10.00. The fourth-order valence-corrected chi connectivity index (χ4v) is 2.50. The highest BCUT2D eigenvalue weighted by atomic mass is 127. The molecule has 0 amide bonds. The predicted molar refractivity (Wildman–Crippen MR) is 121 cm³/mol. The number of guanidine groups is 1. The Labute approximate surface area is 184 Å². The summed E-state index contributed by atoms with van der Waals surface area (Å²) in [7, 11) is 3.12. The lowest BCUT2D eigenvalue weighted by Crippen LogP contribution is -2.27. The lowest BCUT2D eigenvalue weighted by atomic mass is 10.3. The van der Waals surface area contributed by atoms with Crippen LogP contribution in [0.25, 0.3) is 0 Å². The van der Waals surface area contributed by atoms with Crippen LogP contribution >= 0.6 is 39.9 Å². The normalized spacial score (nSPS) is 11.9. The maximum Gasteiger partial charge on any atom is 0.193 e. The van der Waals surface area contributed by atoms with Gasteiger partial charge in [-0.1, -0.05) is 12.1 Å². The Bertz CT molecular complexity index is 761. The molecule has 1 unspecified atom stereocenters. The van der Waals surface area contributed by atoms with Gasteiger partial charge >= 0.3 is 0 Å². The molecule has 0 fully saturated rings. The topological polar surface area (TPSA) is 98.3 Å². The van der Waals surface area contributed by atoms with Crippen molar-refractivity contribution < 1.29 is 19.3 Å².